The summed E-state index contributed by atoms with van der Waals surface area (Å²) in [4.78, 5) is 21.4. The van der Waals surface area contributed by atoms with E-state index < -0.39 is 35.3 Å². The van der Waals surface area contributed by atoms with Crippen LogP contribution in [0.3, 0.4) is 0 Å². The van der Waals surface area contributed by atoms with Crippen molar-refractivity contribution < 1.29 is 33.6 Å². The number of likely N-dealkylation sites (tertiary alicyclic amines) is 1. The van der Waals surface area contributed by atoms with Crippen molar-refractivity contribution >= 4 is 34.6 Å². The van der Waals surface area contributed by atoms with E-state index in [0.29, 0.717) is 28.9 Å². The highest BCUT2D eigenvalue weighted by Crippen LogP contribution is 2.30. The van der Waals surface area contributed by atoms with E-state index in [4.69, 9.17) is 26.5 Å². The van der Waals surface area contributed by atoms with Crippen LogP contribution in [0.5, 0.6) is 5.75 Å². The summed E-state index contributed by atoms with van der Waals surface area (Å²) >= 11 is 6.36. The van der Waals surface area contributed by atoms with Gasteiger partial charge in [0.25, 0.3) is 0 Å². The minimum atomic E-state index is -1.67. The fraction of sp³-hybridized carbons (Fsp3) is 0.481. The van der Waals surface area contributed by atoms with Crippen LogP contribution in [0.15, 0.2) is 36.0 Å². The number of piperidine rings is 1. The maximum absolute atomic E-state index is 15.1. The highest BCUT2D eigenvalue weighted by Gasteiger charge is 2.34. The van der Waals surface area contributed by atoms with Gasteiger partial charge in [0.15, 0.2) is 28.7 Å². The van der Waals surface area contributed by atoms with Crippen LogP contribution in [0.2, 0.25) is 5.02 Å². The molecule has 1 saturated heterocycles. The molecule has 3 aromatic rings. The zero-order valence-electron chi connectivity index (χ0n) is 23.9. The number of nitrogens with two attached hydrogens (primary N) is 1. The van der Waals surface area contributed by atoms with Crippen molar-refractivity contribution in [3.05, 3.63) is 53.1 Å². The number of aliphatic hydroxyl groups is 1. The van der Waals surface area contributed by atoms with Gasteiger partial charge in [-0.25, -0.2) is 28.1 Å². The number of hydrogen-bond donors (Lipinski definition) is 3. The molecule has 3 aromatic heterocycles. The number of aromatic nitrogens is 4. The van der Waals surface area contributed by atoms with E-state index in [1.165, 1.54) is 22.5 Å². The zero-order valence-corrected chi connectivity index (χ0v) is 24.7. The van der Waals surface area contributed by atoms with Gasteiger partial charge in [-0.1, -0.05) is 11.6 Å². The molecule has 1 aliphatic rings. The number of amides is 1. The predicted molar refractivity (Wildman–Crippen MR) is 151 cm³/mol. The molecule has 4 heterocycles. The van der Waals surface area contributed by atoms with Crippen molar-refractivity contribution in [1.29, 1.82) is 0 Å². The molecule has 4 N–H and O–H groups in total. The highest BCUT2D eigenvalue weighted by atomic mass is 35.5. The topological polar surface area (TPSA) is 152 Å². The molecule has 0 radical (unpaired) electrons. The first-order valence-corrected chi connectivity index (χ1v) is 13.6. The van der Waals surface area contributed by atoms with Crippen molar-refractivity contribution in [2.75, 3.05) is 19.7 Å². The molecule has 1 aliphatic heterocycles. The largest absolute Gasteiger partial charge is 0.488 e. The van der Waals surface area contributed by atoms with Gasteiger partial charge in [0.05, 0.1) is 36.2 Å². The van der Waals surface area contributed by atoms with Crippen LogP contribution in [0, 0.1) is 5.82 Å². The Labute approximate surface area is 246 Å². The van der Waals surface area contributed by atoms with E-state index in [9.17, 15) is 14.3 Å². The molecule has 0 saturated carbocycles. The summed E-state index contributed by atoms with van der Waals surface area (Å²) in [6, 6.07) is 0.932. The summed E-state index contributed by atoms with van der Waals surface area (Å²) in [5.41, 5.74) is 2.00. The van der Waals surface area contributed by atoms with Gasteiger partial charge >= 0.3 is 6.09 Å². The summed E-state index contributed by atoms with van der Waals surface area (Å²) in [6.07, 6.45) is 3.27. The summed E-state index contributed by atoms with van der Waals surface area (Å²) < 4.78 is 41.1. The fourth-order valence-electron chi connectivity index (χ4n) is 4.23. The third-order valence-electron chi connectivity index (χ3n) is 6.33. The molecule has 42 heavy (non-hydrogen) atoms. The number of hydrogen-bond acceptors (Lipinski definition) is 9. The number of nitrogens with one attached hydrogen (secondary N) is 1. The average molecular weight is 608 g/mol. The van der Waals surface area contributed by atoms with Gasteiger partial charge in [0.1, 0.15) is 29.6 Å². The number of carbonyl (C=O) groups excluding carboxylic acids is 1. The Kier molecular flexibility index (Phi) is 8.97. The van der Waals surface area contributed by atoms with E-state index in [0.717, 1.165) is 12.4 Å². The van der Waals surface area contributed by atoms with Crippen molar-refractivity contribution in [1.82, 2.24) is 29.9 Å². The Morgan fingerprint density at radius 2 is 1.98 bits per heavy atom. The van der Waals surface area contributed by atoms with E-state index in [-0.39, 0.29) is 36.3 Å². The molecule has 0 spiro atoms. The van der Waals surface area contributed by atoms with Gasteiger partial charge in [-0.05, 0) is 40.2 Å². The van der Waals surface area contributed by atoms with E-state index >= 15 is 4.39 Å². The molecule has 2 unspecified atom stereocenters. The third kappa shape index (κ3) is 7.29. The van der Waals surface area contributed by atoms with Crippen LogP contribution < -0.4 is 15.6 Å². The van der Waals surface area contributed by atoms with Gasteiger partial charge in [-0.3, -0.25) is 5.41 Å². The van der Waals surface area contributed by atoms with Crippen molar-refractivity contribution in [3.8, 4) is 5.75 Å². The Morgan fingerprint density at radius 3 is 2.60 bits per heavy atom. The van der Waals surface area contributed by atoms with E-state index in [1.807, 2.05) is 0 Å². The minimum absolute atomic E-state index is 0.0354. The molecular weight excluding hydrogens is 574 g/mol. The third-order valence-corrected chi connectivity index (χ3v) is 6.60. The van der Waals surface area contributed by atoms with Gasteiger partial charge < -0.3 is 24.9 Å². The van der Waals surface area contributed by atoms with Crippen LogP contribution in [0.25, 0.3) is 5.52 Å². The predicted octanol–water partition coefficient (Wildman–Crippen LogP) is 2.06. The molecule has 1 fully saturated rings. The molecule has 12 nitrogen and oxygen atoms in total. The number of alkyl halides is 1. The molecule has 1 amide bonds. The molecule has 226 valence electrons. The Hall–Kier alpha value is -3.91. The number of fused-ring (bicyclic) bond motifs is 1. The summed E-state index contributed by atoms with van der Waals surface area (Å²) in [7, 11) is 0. The lowest BCUT2D eigenvalue weighted by atomic mass is 10.0. The van der Waals surface area contributed by atoms with Crippen LogP contribution in [0.4, 0.5) is 13.6 Å². The van der Waals surface area contributed by atoms with Crippen LogP contribution in [-0.4, -0.2) is 84.6 Å². The monoisotopic (exact) mass is 607 g/mol. The first-order valence-electron chi connectivity index (χ1n) is 13.2. The molecule has 4 rings (SSSR count). The SMILES string of the molecule is CC(=[NH2+])/C(=N\NC1CCN(C(=O)OC(C)(C)C)C[C@@H]1F)c1cc(OCC(C)(O)c2ncc(F)cn2)c2c(Cl)cnn2c1. The minimum Gasteiger partial charge on any atom is -0.488 e. The van der Waals surface area contributed by atoms with Gasteiger partial charge in [0, 0.05) is 25.2 Å². The second-order valence-corrected chi connectivity index (χ2v) is 11.7. The first kappa shape index (κ1) is 31.0. The Bertz CT molecular complexity index is 1490. The maximum Gasteiger partial charge on any atom is 0.410 e. The molecule has 0 bridgehead atoms. The normalized spacial score (nSPS) is 19.4. The van der Waals surface area contributed by atoms with Gasteiger partial charge in [-0.2, -0.15) is 10.2 Å². The average Bonchev–Trinajstić information content (AvgIpc) is 3.28. The van der Waals surface area contributed by atoms with E-state index in [1.54, 1.807) is 40.0 Å². The van der Waals surface area contributed by atoms with Crippen LogP contribution in [-0.2, 0) is 10.3 Å². The van der Waals surface area contributed by atoms with Gasteiger partial charge in [0.2, 0.25) is 0 Å². The number of ether oxygens (including phenoxy) is 2. The molecule has 3 atom stereocenters. The zero-order chi connectivity index (χ0) is 30.8. The van der Waals surface area contributed by atoms with Crippen molar-refractivity contribution in [2.24, 2.45) is 5.10 Å². The number of nitrogens with zero attached hydrogens (tertiary/aromatic N) is 6. The number of halogens is 3. The number of hydrazone groups is 1. The second kappa shape index (κ2) is 12.1. The van der Waals surface area contributed by atoms with Crippen LogP contribution in [0.1, 0.15) is 52.4 Å². The fourth-order valence-corrected chi connectivity index (χ4v) is 4.45. The maximum atomic E-state index is 15.1. The first-order chi connectivity index (χ1) is 19.6. The number of rotatable bonds is 8. The summed E-state index contributed by atoms with van der Waals surface area (Å²) in [6.45, 7) is 8.15. The standard InChI is InChI=1S/C27H33ClF2N8O4/c1-15(31)22(36-35-20-6-7-37(13-19(20)30)25(39)42-26(2,3)4)16-8-21(23-18(28)11-34-38(23)12-16)41-14-27(5,40)24-32-9-17(29)10-33-24/h8-12,19-20,31,35,40H,6-7,13-14H2,1-5H3/p+1/b31-15?,36-22+/t19-,20?,27?/m0/s1. The lowest BCUT2D eigenvalue weighted by Gasteiger charge is -2.35. The summed E-state index contributed by atoms with van der Waals surface area (Å²) in [5, 5.41) is 26.0. The quantitative estimate of drug-likeness (QED) is 0.260. The van der Waals surface area contributed by atoms with E-state index in [2.05, 4.69) is 25.6 Å². The highest BCUT2D eigenvalue weighted by molar-refractivity contribution is 6.45. The van der Waals surface area contributed by atoms with Crippen LogP contribution >= 0.6 is 11.6 Å². The van der Waals surface area contributed by atoms with Gasteiger partial charge in [-0.15, -0.1) is 0 Å². The number of carbonyl (C=O) groups is 1. The molecule has 0 aliphatic carbocycles. The van der Waals surface area contributed by atoms with Crippen molar-refractivity contribution in [2.45, 2.75) is 64.5 Å². The second-order valence-electron chi connectivity index (χ2n) is 11.3. The Balaban J connectivity index is 1.54. The molecule has 15 heteroatoms. The van der Waals surface area contributed by atoms with Crippen molar-refractivity contribution in [3.63, 3.8) is 0 Å². The summed E-state index contributed by atoms with van der Waals surface area (Å²) in [5.74, 6) is -0.440. The Morgan fingerprint density at radius 1 is 1.29 bits per heavy atom. The lowest BCUT2D eigenvalue weighted by Crippen LogP contribution is -2.52. The number of pyridine rings is 1. The lowest BCUT2D eigenvalue weighted by molar-refractivity contribution is -0.111. The molecular formula is C27H34ClF2N8O4+. The molecule has 0 aromatic carbocycles. The smallest absolute Gasteiger partial charge is 0.410 e.